The fourth-order valence-corrected chi connectivity index (χ4v) is 4.10. The molecule has 0 heteroatoms. The number of benzene rings is 1. The number of hydrogen-bond acceptors (Lipinski definition) is 0. The highest BCUT2D eigenvalue weighted by Gasteiger charge is 2.19. The predicted octanol–water partition coefficient (Wildman–Crippen LogP) is 7.74. The first kappa shape index (κ1) is 18.6. The van der Waals surface area contributed by atoms with Crippen LogP contribution in [0.3, 0.4) is 0 Å². The molecule has 0 heterocycles. The zero-order valence-electron chi connectivity index (χ0n) is 15.6. The third kappa shape index (κ3) is 7.10. The van der Waals surface area contributed by atoms with Crippen molar-refractivity contribution in [2.24, 2.45) is 11.8 Å². The minimum Gasteiger partial charge on any atom is -0.0654 e. The topological polar surface area (TPSA) is 0 Å². The van der Waals surface area contributed by atoms with E-state index in [1.54, 1.807) is 5.56 Å². The van der Waals surface area contributed by atoms with Gasteiger partial charge < -0.3 is 0 Å². The molecule has 0 radical (unpaired) electrons. The van der Waals surface area contributed by atoms with Crippen molar-refractivity contribution in [3.05, 3.63) is 35.9 Å². The van der Waals surface area contributed by atoms with Crippen LogP contribution in [0.15, 0.2) is 30.3 Å². The molecule has 1 aliphatic carbocycles. The SMILES string of the molecule is CCCCCCC(C)C[C@H](CCCC1CCC1)c1ccccc1. The second kappa shape index (κ2) is 10.9. The molecule has 0 nitrogen and oxygen atoms in total. The molecule has 23 heavy (non-hydrogen) atoms. The van der Waals surface area contributed by atoms with Gasteiger partial charge in [-0.2, -0.15) is 0 Å². The number of hydrogen-bond donors (Lipinski definition) is 0. The predicted molar refractivity (Wildman–Crippen MR) is 103 cm³/mol. The van der Waals surface area contributed by atoms with E-state index in [2.05, 4.69) is 44.2 Å². The lowest BCUT2D eigenvalue weighted by atomic mass is 9.79. The van der Waals surface area contributed by atoms with E-state index in [1.165, 1.54) is 77.0 Å². The normalized spacial score (nSPS) is 17.7. The first-order valence-corrected chi connectivity index (χ1v) is 10.3. The minimum absolute atomic E-state index is 0.789. The quantitative estimate of drug-likeness (QED) is 0.346. The van der Waals surface area contributed by atoms with E-state index in [1.807, 2.05) is 0 Å². The molecule has 0 aliphatic heterocycles. The van der Waals surface area contributed by atoms with Crippen LogP contribution < -0.4 is 0 Å². The summed E-state index contributed by atoms with van der Waals surface area (Å²) in [5.74, 6) is 2.73. The smallest absolute Gasteiger partial charge is 0.0159 e. The Kier molecular flexibility index (Phi) is 8.79. The van der Waals surface area contributed by atoms with E-state index in [0.717, 1.165) is 17.8 Å². The van der Waals surface area contributed by atoms with E-state index in [0.29, 0.717) is 0 Å². The highest BCUT2D eigenvalue weighted by Crippen LogP contribution is 2.35. The molecular formula is C23H38. The second-order valence-corrected chi connectivity index (χ2v) is 8.03. The lowest BCUT2D eigenvalue weighted by molar-refractivity contribution is 0.281. The standard InChI is InChI=1S/C23H38/c1-3-4-5-7-12-20(2)19-23(22-16-8-6-9-17-22)18-11-15-21-13-10-14-21/h6,8-9,16-17,20-21,23H,3-5,7,10-15,18-19H2,1-2H3/t20?,23-/m0/s1. The van der Waals surface area contributed by atoms with Gasteiger partial charge in [0.15, 0.2) is 0 Å². The van der Waals surface area contributed by atoms with Crippen LogP contribution in [0, 0.1) is 11.8 Å². The summed E-state index contributed by atoms with van der Waals surface area (Å²) in [6.45, 7) is 4.78. The summed E-state index contributed by atoms with van der Waals surface area (Å²) in [6, 6.07) is 11.3. The van der Waals surface area contributed by atoms with Gasteiger partial charge in [0.25, 0.3) is 0 Å². The van der Waals surface area contributed by atoms with Gasteiger partial charge in [-0.1, -0.05) is 108 Å². The van der Waals surface area contributed by atoms with Crippen LogP contribution in [-0.2, 0) is 0 Å². The summed E-state index contributed by atoms with van der Waals surface area (Å²) in [5, 5.41) is 0. The van der Waals surface area contributed by atoms with E-state index in [9.17, 15) is 0 Å². The van der Waals surface area contributed by atoms with E-state index < -0.39 is 0 Å². The molecule has 2 rings (SSSR count). The third-order valence-electron chi connectivity index (χ3n) is 5.90. The van der Waals surface area contributed by atoms with Crippen molar-refractivity contribution in [1.82, 2.24) is 0 Å². The Bertz CT molecular complexity index is 390. The van der Waals surface area contributed by atoms with Crippen LogP contribution >= 0.6 is 0 Å². The van der Waals surface area contributed by atoms with Gasteiger partial charge in [0, 0.05) is 0 Å². The molecule has 0 N–H and O–H groups in total. The maximum absolute atomic E-state index is 2.48. The van der Waals surface area contributed by atoms with E-state index >= 15 is 0 Å². The number of rotatable bonds is 12. The zero-order chi connectivity index (χ0) is 16.3. The summed E-state index contributed by atoms with van der Waals surface area (Å²) >= 11 is 0. The first-order chi connectivity index (χ1) is 11.3. The van der Waals surface area contributed by atoms with Gasteiger partial charge in [0.2, 0.25) is 0 Å². The molecule has 0 bridgehead atoms. The molecule has 1 fully saturated rings. The van der Waals surface area contributed by atoms with E-state index in [-0.39, 0.29) is 0 Å². The first-order valence-electron chi connectivity index (χ1n) is 10.3. The maximum atomic E-state index is 2.48. The van der Waals surface area contributed by atoms with Crippen molar-refractivity contribution in [3.8, 4) is 0 Å². The fourth-order valence-electron chi connectivity index (χ4n) is 4.10. The van der Waals surface area contributed by atoms with Gasteiger partial charge in [-0.3, -0.25) is 0 Å². The number of unbranched alkanes of at least 4 members (excludes halogenated alkanes) is 3. The monoisotopic (exact) mass is 314 g/mol. The van der Waals surface area contributed by atoms with Gasteiger partial charge >= 0.3 is 0 Å². The second-order valence-electron chi connectivity index (χ2n) is 8.03. The average molecular weight is 315 g/mol. The zero-order valence-corrected chi connectivity index (χ0v) is 15.6. The molecular weight excluding hydrogens is 276 g/mol. The van der Waals surface area contributed by atoms with Crippen molar-refractivity contribution in [2.45, 2.75) is 96.8 Å². The molecule has 130 valence electrons. The van der Waals surface area contributed by atoms with E-state index in [4.69, 9.17) is 0 Å². The third-order valence-corrected chi connectivity index (χ3v) is 5.90. The Morgan fingerprint density at radius 1 is 0.957 bits per heavy atom. The van der Waals surface area contributed by atoms with Crippen molar-refractivity contribution in [3.63, 3.8) is 0 Å². The Morgan fingerprint density at radius 2 is 1.74 bits per heavy atom. The Hall–Kier alpha value is -0.780. The summed E-state index contributed by atoms with van der Waals surface area (Å²) in [4.78, 5) is 0. The van der Waals surface area contributed by atoms with Gasteiger partial charge in [-0.25, -0.2) is 0 Å². The van der Waals surface area contributed by atoms with Crippen LogP contribution in [0.4, 0.5) is 0 Å². The van der Waals surface area contributed by atoms with Crippen LogP contribution in [0.1, 0.15) is 102 Å². The molecule has 0 aromatic heterocycles. The largest absolute Gasteiger partial charge is 0.0654 e. The lowest BCUT2D eigenvalue weighted by Gasteiger charge is -2.27. The summed E-state index contributed by atoms with van der Waals surface area (Å²) in [6.07, 6.45) is 17.2. The van der Waals surface area contributed by atoms with Gasteiger partial charge in [-0.05, 0) is 36.2 Å². The van der Waals surface area contributed by atoms with Crippen molar-refractivity contribution in [1.29, 1.82) is 0 Å². The lowest BCUT2D eigenvalue weighted by Crippen LogP contribution is -2.12. The summed E-state index contributed by atoms with van der Waals surface area (Å²) in [7, 11) is 0. The molecule has 1 aliphatic rings. The van der Waals surface area contributed by atoms with Gasteiger partial charge in [0.1, 0.15) is 0 Å². The maximum Gasteiger partial charge on any atom is -0.0159 e. The molecule has 0 amide bonds. The van der Waals surface area contributed by atoms with Crippen LogP contribution in [0.2, 0.25) is 0 Å². The Morgan fingerprint density at radius 3 is 2.39 bits per heavy atom. The molecule has 0 saturated heterocycles. The van der Waals surface area contributed by atoms with Gasteiger partial charge in [-0.15, -0.1) is 0 Å². The Labute approximate surface area is 145 Å². The summed E-state index contributed by atoms with van der Waals surface area (Å²) in [5.41, 5.74) is 1.58. The average Bonchev–Trinajstić information content (AvgIpc) is 2.53. The highest BCUT2D eigenvalue weighted by molar-refractivity contribution is 5.19. The Balaban J connectivity index is 1.77. The van der Waals surface area contributed by atoms with Crippen molar-refractivity contribution < 1.29 is 0 Å². The molecule has 1 saturated carbocycles. The highest BCUT2D eigenvalue weighted by atomic mass is 14.2. The van der Waals surface area contributed by atoms with Gasteiger partial charge in [0.05, 0.1) is 0 Å². The molecule has 1 aromatic rings. The van der Waals surface area contributed by atoms with Crippen LogP contribution in [-0.4, -0.2) is 0 Å². The molecule has 2 atom stereocenters. The minimum atomic E-state index is 0.789. The fraction of sp³-hybridized carbons (Fsp3) is 0.739. The molecule has 1 unspecified atom stereocenters. The summed E-state index contributed by atoms with van der Waals surface area (Å²) < 4.78 is 0. The van der Waals surface area contributed by atoms with Crippen LogP contribution in [0.25, 0.3) is 0 Å². The molecule has 0 spiro atoms. The van der Waals surface area contributed by atoms with Crippen LogP contribution in [0.5, 0.6) is 0 Å². The van der Waals surface area contributed by atoms with Crippen molar-refractivity contribution >= 4 is 0 Å². The van der Waals surface area contributed by atoms with Crippen molar-refractivity contribution in [2.75, 3.05) is 0 Å². The molecule has 1 aromatic carbocycles.